The third-order valence-corrected chi connectivity index (χ3v) is 4.74. The Labute approximate surface area is 121 Å². The van der Waals surface area contributed by atoms with Crippen LogP contribution in [0.5, 0.6) is 0 Å². The zero-order valence-corrected chi connectivity index (χ0v) is 13.0. The molecule has 2 rings (SSSR count). The van der Waals surface area contributed by atoms with E-state index in [0.29, 0.717) is 6.04 Å². The van der Waals surface area contributed by atoms with Crippen LogP contribution in [0.1, 0.15) is 44.2 Å². The predicted molar refractivity (Wildman–Crippen MR) is 84.7 cm³/mol. The highest BCUT2D eigenvalue weighted by Gasteiger charge is 2.28. The lowest BCUT2D eigenvalue weighted by atomic mass is 9.96. The number of likely N-dealkylation sites (tertiary alicyclic amines) is 1. The van der Waals surface area contributed by atoms with Gasteiger partial charge in [0.1, 0.15) is 0 Å². The van der Waals surface area contributed by atoms with Crippen LogP contribution in [0, 0.1) is 0 Å². The van der Waals surface area contributed by atoms with Crippen molar-refractivity contribution >= 4 is 11.8 Å². The van der Waals surface area contributed by atoms with Crippen molar-refractivity contribution in [3.05, 3.63) is 29.8 Å². The minimum atomic E-state index is 0.272. The van der Waals surface area contributed by atoms with E-state index in [9.17, 15) is 0 Å². The van der Waals surface area contributed by atoms with Crippen LogP contribution in [0.3, 0.4) is 0 Å². The van der Waals surface area contributed by atoms with Crippen molar-refractivity contribution in [3.63, 3.8) is 0 Å². The molecule has 0 amide bonds. The van der Waals surface area contributed by atoms with Gasteiger partial charge in [-0.05, 0) is 56.3 Å². The summed E-state index contributed by atoms with van der Waals surface area (Å²) in [5, 5.41) is 0. The molecule has 3 heteroatoms. The van der Waals surface area contributed by atoms with Crippen LogP contribution in [0.15, 0.2) is 29.2 Å². The Kier molecular flexibility index (Phi) is 5.74. The second-order valence-corrected chi connectivity index (χ2v) is 6.29. The summed E-state index contributed by atoms with van der Waals surface area (Å²) >= 11 is 1.80. The van der Waals surface area contributed by atoms with Gasteiger partial charge in [0.25, 0.3) is 0 Å². The van der Waals surface area contributed by atoms with Gasteiger partial charge in [0, 0.05) is 17.0 Å². The molecule has 0 spiro atoms. The summed E-state index contributed by atoms with van der Waals surface area (Å²) in [6.07, 6.45) is 7.02. The third kappa shape index (κ3) is 3.74. The summed E-state index contributed by atoms with van der Waals surface area (Å²) in [7, 11) is 0. The minimum Gasteiger partial charge on any atom is -0.326 e. The summed E-state index contributed by atoms with van der Waals surface area (Å²) in [6.45, 7) is 4.60. The summed E-state index contributed by atoms with van der Waals surface area (Å²) in [5.41, 5.74) is 7.84. The van der Waals surface area contributed by atoms with Crippen molar-refractivity contribution in [3.8, 4) is 0 Å². The Balaban J connectivity index is 2.23. The van der Waals surface area contributed by atoms with Crippen LogP contribution in [-0.2, 0) is 0 Å². The molecule has 0 aromatic heterocycles. The highest BCUT2D eigenvalue weighted by atomic mass is 32.2. The van der Waals surface area contributed by atoms with Crippen LogP contribution >= 0.6 is 11.8 Å². The lowest BCUT2D eigenvalue weighted by Crippen LogP contribution is -2.40. The minimum absolute atomic E-state index is 0.272. The van der Waals surface area contributed by atoms with Gasteiger partial charge in [-0.3, -0.25) is 4.90 Å². The number of rotatable bonds is 4. The molecule has 2 unspecified atom stereocenters. The molecule has 106 valence electrons. The maximum absolute atomic E-state index is 6.46. The van der Waals surface area contributed by atoms with Crippen molar-refractivity contribution < 1.29 is 0 Å². The molecule has 1 aromatic rings. The molecule has 1 fully saturated rings. The van der Waals surface area contributed by atoms with Crippen molar-refractivity contribution in [2.45, 2.75) is 49.6 Å². The van der Waals surface area contributed by atoms with E-state index in [1.165, 1.54) is 36.3 Å². The summed E-state index contributed by atoms with van der Waals surface area (Å²) < 4.78 is 0. The van der Waals surface area contributed by atoms with Gasteiger partial charge >= 0.3 is 0 Å². The van der Waals surface area contributed by atoms with Gasteiger partial charge in [-0.25, -0.2) is 0 Å². The van der Waals surface area contributed by atoms with E-state index in [4.69, 9.17) is 5.73 Å². The molecule has 0 radical (unpaired) electrons. The van der Waals surface area contributed by atoms with Gasteiger partial charge in [-0.2, -0.15) is 0 Å². The Morgan fingerprint density at radius 3 is 2.63 bits per heavy atom. The van der Waals surface area contributed by atoms with Gasteiger partial charge in [0.2, 0.25) is 0 Å². The molecule has 2 nitrogen and oxygen atoms in total. The number of hydrogen-bond donors (Lipinski definition) is 1. The molecule has 2 N–H and O–H groups in total. The number of nitrogens with zero attached hydrogens (tertiary/aromatic N) is 1. The maximum atomic E-state index is 6.46. The smallest absolute Gasteiger partial charge is 0.0499 e. The largest absolute Gasteiger partial charge is 0.326 e. The van der Waals surface area contributed by atoms with E-state index in [0.717, 1.165) is 13.0 Å². The highest BCUT2D eigenvalue weighted by Crippen LogP contribution is 2.30. The second-order valence-electron chi connectivity index (χ2n) is 5.41. The Morgan fingerprint density at radius 2 is 2.00 bits per heavy atom. The van der Waals surface area contributed by atoms with Crippen molar-refractivity contribution in [2.24, 2.45) is 5.73 Å². The van der Waals surface area contributed by atoms with Crippen LogP contribution < -0.4 is 5.73 Å². The first-order valence-corrected chi connectivity index (χ1v) is 8.62. The van der Waals surface area contributed by atoms with Crippen LogP contribution in [0.2, 0.25) is 0 Å². The fourth-order valence-corrected chi connectivity index (χ4v) is 3.47. The fourth-order valence-electron chi connectivity index (χ4n) is 3.06. The van der Waals surface area contributed by atoms with Crippen molar-refractivity contribution in [2.75, 3.05) is 19.3 Å². The van der Waals surface area contributed by atoms with Gasteiger partial charge in [-0.15, -0.1) is 11.8 Å². The third-order valence-electron chi connectivity index (χ3n) is 4.00. The number of hydrogen-bond acceptors (Lipinski definition) is 3. The fraction of sp³-hybridized carbons (Fsp3) is 0.625. The Morgan fingerprint density at radius 1 is 1.26 bits per heavy atom. The molecule has 1 aliphatic heterocycles. The molecule has 0 bridgehead atoms. The molecular weight excluding hydrogens is 252 g/mol. The van der Waals surface area contributed by atoms with Crippen LogP contribution in [0.4, 0.5) is 0 Å². The number of benzene rings is 1. The number of nitrogens with two attached hydrogens (primary N) is 1. The zero-order chi connectivity index (χ0) is 13.7. The van der Waals surface area contributed by atoms with E-state index in [1.54, 1.807) is 11.8 Å². The van der Waals surface area contributed by atoms with Crippen molar-refractivity contribution in [1.82, 2.24) is 4.90 Å². The second kappa shape index (κ2) is 7.32. The van der Waals surface area contributed by atoms with E-state index >= 15 is 0 Å². The molecule has 0 aliphatic carbocycles. The standard InChI is InChI=1S/C16H26N2S/c1-3-11-18-12-5-4-6-15(17)16(18)13-7-9-14(19-2)10-8-13/h7-10,15-16H,3-6,11-12,17H2,1-2H3. The van der Waals surface area contributed by atoms with E-state index in [2.05, 4.69) is 42.3 Å². The molecule has 1 aliphatic rings. The number of thioether (sulfide) groups is 1. The molecule has 1 saturated heterocycles. The summed E-state index contributed by atoms with van der Waals surface area (Å²) in [6, 6.07) is 9.66. The van der Waals surface area contributed by atoms with Gasteiger partial charge in [0.15, 0.2) is 0 Å². The van der Waals surface area contributed by atoms with Crippen molar-refractivity contribution in [1.29, 1.82) is 0 Å². The molecular formula is C16H26N2S. The van der Waals surface area contributed by atoms with Crippen LogP contribution in [0.25, 0.3) is 0 Å². The molecule has 1 heterocycles. The van der Waals surface area contributed by atoms with Gasteiger partial charge < -0.3 is 5.73 Å². The highest BCUT2D eigenvalue weighted by molar-refractivity contribution is 7.98. The maximum Gasteiger partial charge on any atom is 0.0499 e. The van der Waals surface area contributed by atoms with E-state index in [-0.39, 0.29) is 6.04 Å². The van der Waals surface area contributed by atoms with Crippen LogP contribution in [-0.4, -0.2) is 30.3 Å². The average Bonchev–Trinajstić information content (AvgIpc) is 2.61. The van der Waals surface area contributed by atoms with E-state index < -0.39 is 0 Å². The van der Waals surface area contributed by atoms with E-state index in [1.807, 2.05) is 0 Å². The van der Waals surface area contributed by atoms with Gasteiger partial charge in [-0.1, -0.05) is 25.5 Å². The Bertz CT molecular complexity index is 377. The molecule has 19 heavy (non-hydrogen) atoms. The average molecular weight is 278 g/mol. The van der Waals surface area contributed by atoms with Gasteiger partial charge in [0.05, 0.1) is 0 Å². The first-order chi connectivity index (χ1) is 9.26. The molecule has 2 atom stereocenters. The molecule has 1 aromatic carbocycles. The summed E-state index contributed by atoms with van der Waals surface area (Å²) in [4.78, 5) is 3.92. The summed E-state index contributed by atoms with van der Waals surface area (Å²) in [5.74, 6) is 0. The SMILES string of the molecule is CCCN1CCCCC(N)C1c1ccc(SC)cc1. The normalized spacial score (nSPS) is 25.2. The Hall–Kier alpha value is -0.510. The first kappa shape index (κ1) is 14.9. The predicted octanol–water partition coefficient (Wildman–Crippen LogP) is 3.67. The monoisotopic (exact) mass is 278 g/mol. The zero-order valence-electron chi connectivity index (χ0n) is 12.1. The molecule has 0 saturated carbocycles. The quantitative estimate of drug-likeness (QED) is 0.852. The lowest BCUT2D eigenvalue weighted by Gasteiger charge is -2.33. The first-order valence-electron chi connectivity index (χ1n) is 7.40. The topological polar surface area (TPSA) is 29.3 Å². The lowest BCUT2D eigenvalue weighted by molar-refractivity contribution is 0.186.